The average molecular weight is 222 g/mol. The summed E-state index contributed by atoms with van der Waals surface area (Å²) in [6, 6.07) is 16.9. The van der Waals surface area contributed by atoms with Crippen molar-refractivity contribution in [3.63, 3.8) is 0 Å². The molecule has 84 valence electrons. The number of benzene rings is 2. The molecular weight excluding hydrogens is 208 g/mol. The summed E-state index contributed by atoms with van der Waals surface area (Å²) in [4.78, 5) is 0. The van der Waals surface area contributed by atoms with E-state index in [1.165, 1.54) is 10.8 Å². The standard InChI is InChI=1S/C15H14N2/c1-2-14-9-10-17(16-14)15-8-7-12-5-3-4-6-13(12)11-15/h3-11H,2H2,1H3. The lowest BCUT2D eigenvalue weighted by atomic mass is 10.1. The summed E-state index contributed by atoms with van der Waals surface area (Å²) in [5.74, 6) is 0. The first kappa shape index (κ1) is 10.1. The zero-order chi connectivity index (χ0) is 11.7. The Bertz CT molecular complexity index is 653. The highest BCUT2D eigenvalue weighted by molar-refractivity contribution is 5.84. The van der Waals surface area contributed by atoms with Gasteiger partial charge in [0.2, 0.25) is 0 Å². The summed E-state index contributed by atoms with van der Waals surface area (Å²) in [5.41, 5.74) is 2.24. The van der Waals surface area contributed by atoms with Gasteiger partial charge in [0.1, 0.15) is 0 Å². The van der Waals surface area contributed by atoms with Gasteiger partial charge in [0, 0.05) is 6.20 Å². The van der Waals surface area contributed by atoms with Crippen molar-refractivity contribution in [2.75, 3.05) is 0 Å². The molecule has 0 aliphatic rings. The fourth-order valence-corrected chi connectivity index (χ4v) is 2.01. The van der Waals surface area contributed by atoms with Crippen LogP contribution in [0.1, 0.15) is 12.6 Å². The number of rotatable bonds is 2. The number of fused-ring (bicyclic) bond motifs is 1. The Hall–Kier alpha value is -2.09. The van der Waals surface area contributed by atoms with Gasteiger partial charge in [-0.2, -0.15) is 5.10 Å². The van der Waals surface area contributed by atoms with E-state index in [1.807, 2.05) is 10.9 Å². The normalized spacial score (nSPS) is 10.9. The highest BCUT2D eigenvalue weighted by atomic mass is 15.3. The fourth-order valence-electron chi connectivity index (χ4n) is 2.01. The molecule has 17 heavy (non-hydrogen) atoms. The monoisotopic (exact) mass is 222 g/mol. The van der Waals surface area contributed by atoms with Crippen molar-refractivity contribution >= 4 is 10.8 Å². The van der Waals surface area contributed by atoms with Crippen molar-refractivity contribution < 1.29 is 0 Å². The SMILES string of the molecule is CCc1ccn(-c2ccc3ccccc3c2)n1. The van der Waals surface area contributed by atoms with Gasteiger partial charge >= 0.3 is 0 Å². The molecule has 0 aliphatic heterocycles. The minimum atomic E-state index is 0.973. The second kappa shape index (κ2) is 4.06. The summed E-state index contributed by atoms with van der Waals surface area (Å²) in [6.45, 7) is 2.12. The summed E-state index contributed by atoms with van der Waals surface area (Å²) < 4.78 is 1.94. The molecule has 2 nitrogen and oxygen atoms in total. The summed E-state index contributed by atoms with van der Waals surface area (Å²) in [6.07, 6.45) is 2.99. The van der Waals surface area contributed by atoms with Crippen LogP contribution in [-0.2, 0) is 6.42 Å². The molecular formula is C15H14N2. The molecule has 3 aromatic rings. The van der Waals surface area contributed by atoms with Gasteiger partial charge in [-0.25, -0.2) is 4.68 Å². The number of hydrogen-bond acceptors (Lipinski definition) is 1. The number of aromatic nitrogens is 2. The predicted molar refractivity (Wildman–Crippen MR) is 70.4 cm³/mol. The van der Waals surface area contributed by atoms with E-state index < -0.39 is 0 Å². The highest BCUT2D eigenvalue weighted by Gasteiger charge is 2.00. The van der Waals surface area contributed by atoms with Gasteiger partial charge in [-0.1, -0.05) is 37.3 Å². The molecule has 0 spiro atoms. The lowest BCUT2D eigenvalue weighted by Crippen LogP contribution is -1.95. The van der Waals surface area contributed by atoms with Crippen LogP contribution in [0.2, 0.25) is 0 Å². The molecule has 0 aliphatic carbocycles. The molecule has 0 bridgehead atoms. The zero-order valence-electron chi connectivity index (χ0n) is 9.80. The van der Waals surface area contributed by atoms with Crippen LogP contribution in [0.3, 0.4) is 0 Å². The smallest absolute Gasteiger partial charge is 0.0652 e. The highest BCUT2D eigenvalue weighted by Crippen LogP contribution is 2.18. The van der Waals surface area contributed by atoms with Crippen molar-refractivity contribution in [2.24, 2.45) is 0 Å². The molecule has 0 radical (unpaired) electrons. The lowest BCUT2D eigenvalue weighted by molar-refractivity contribution is 0.842. The summed E-state index contributed by atoms with van der Waals surface area (Å²) in [5, 5.41) is 7.03. The second-order valence-corrected chi connectivity index (χ2v) is 4.14. The first-order valence-electron chi connectivity index (χ1n) is 5.90. The molecule has 0 atom stereocenters. The molecule has 0 unspecified atom stereocenters. The minimum absolute atomic E-state index is 0.973. The third kappa shape index (κ3) is 1.82. The van der Waals surface area contributed by atoms with Crippen LogP contribution in [0, 0.1) is 0 Å². The molecule has 1 aromatic heterocycles. The Morgan fingerprint density at radius 2 is 1.82 bits per heavy atom. The van der Waals surface area contributed by atoms with E-state index in [0.29, 0.717) is 0 Å². The molecule has 1 heterocycles. The van der Waals surface area contributed by atoms with Gasteiger partial charge in [-0.05, 0) is 35.4 Å². The molecule has 0 N–H and O–H groups in total. The summed E-state index contributed by atoms with van der Waals surface area (Å²) >= 11 is 0. The number of nitrogens with zero attached hydrogens (tertiary/aromatic N) is 2. The number of aryl methyl sites for hydroxylation is 1. The molecule has 2 heteroatoms. The average Bonchev–Trinajstić information content (AvgIpc) is 2.87. The molecule has 0 amide bonds. The van der Waals surface area contributed by atoms with Crippen LogP contribution in [-0.4, -0.2) is 9.78 Å². The van der Waals surface area contributed by atoms with Crippen molar-refractivity contribution in [2.45, 2.75) is 13.3 Å². The first-order chi connectivity index (χ1) is 8.36. The van der Waals surface area contributed by atoms with Crippen molar-refractivity contribution in [1.82, 2.24) is 9.78 Å². The third-order valence-corrected chi connectivity index (χ3v) is 3.00. The van der Waals surface area contributed by atoms with E-state index in [0.717, 1.165) is 17.8 Å². The van der Waals surface area contributed by atoms with Crippen LogP contribution >= 0.6 is 0 Å². The Kier molecular flexibility index (Phi) is 2.41. The maximum Gasteiger partial charge on any atom is 0.0652 e. The molecule has 2 aromatic carbocycles. The first-order valence-corrected chi connectivity index (χ1v) is 5.90. The van der Waals surface area contributed by atoms with Crippen molar-refractivity contribution in [3.8, 4) is 5.69 Å². The fraction of sp³-hybridized carbons (Fsp3) is 0.133. The quantitative estimate of drug-likeness (QED) is 0.648. The van der Waals surface area contributed by atoms with E-state index in [-0.39, 0.29) is 0 Å². The van der Waals surface area contributed by atoms with E-state index in [1.54, 1.807) is 0 Å². The molecule has 0 saturated heterocycles. The van der Waals surface area contributed by atoms with Crippen LogP contribution in [0.4, 0.5) is 0 Å². The maximum absolute atomic E-state index is 4.52. The van der Waals surface area contributed by atoms with Crippen LogP contribution in [0.25, 0.3) is 16.5 Å². The molecule has 0 saturated carbocycles. The predicted octanol–water partition coefficient (Wildman–Crippen LogP) is 3.59. The van der Waals surface area contributed by atoms with Crippen molar-refractivity contribution in [1.29, 1.82) is 0 Å². The zero-order valence-corrected chi connectivity index (χ0v) is 9.80. The van der Waals surface area contributed by atoms with Crippen LogP contribution in [0.15, 0.2) is 54.7 Å². The maximum atomic E-state index is 4.52. The Balaban J connectivity index is 2.11. The third-order valence-electron chi connectivity index (χ3n) is 3.00. The molecule has 0 fully saturated rings. The topological polar surface area (TPSA) is 17.8 Å². The Morgan fingerprint density at radius 3 is 2.59 bits per heavy atom. The Morgan fingerprint density at radius 1 is 1.00 bits per heavy atom. The van der Waals surface area contributed by atoms with E-state index in [9.17, 15) is 0 Å². The Labute approximate surface area is 101 Å². The van der Waals surface area contributed by atoms with Gasteiger partial charge < -0.3 is 0 Å². The minimum Gasteiger partial charge on any atom is -0.241 e. The van der Waals surface area contributed by atoms with Crippen LogP contribution in [0.5, 0.6) is 0 Å². The molecule has 3 rings (SSSR count). The van der Waals surface area contributed by atoms with Gasteiger partial charge in [0.05, 0.1) is 11.4 Å². The van der Waals surface area contributed by atoms with E-state index >= 15 is 0 Å². The van der Waals surface area contributed by atoms with Gasteiger partial charge in [-0.3, -0.25) is 0 Å². The van der Waals surface area contributed by atoms with Crippen LogP contribution < -0.4 is 0 Å². The number of hydrogen-bond donors (Lipinski definition) is 0. The summed E-state index contributed by atoms with van der Waals surface area (Å²) in [7, 11) is 0. The van der Waals surface area contributed by atoms with Gasteiger partial charge in [0.25, 0.3) is 0 Å². The largest absolute Gasteiger partial charge is 0.241 e. The van der Waals surface area contributed by atoms with Gasteiger partial charge in [-0.15, -0.1) is 0 Å². The lowest BCUT2D eigenvalue weighted by Gasteiger charge is -2.03. The van der Waals surface area contributed by atoms with E-state index in [2.05, 4.69) is 60.6 Å². The van der Waals surface area contributed by atoms with E-state index in [4.69, 9.17) is 0 Å². The van der Waals surface area contributed by atoms with Crippen molar-refractivity contribution in [3.05, 3.63) is 60.4 Å². The second-order valence-electron chi connectivity index (χ2n) is 4.14. The van der Waals surface area contributed by atoms with Gasteiger partial charge in [0.15, 0.2) is 0 Å².